The van der Waals surface area contributed by atoms with Gasteiger partial charge in [0.05, 0.1) is 6.10 Å². The number of benzene rings is 2. The highest BCUT2D eigenvalue weighted by atomic mass is 16.5. The van der Waals surface area contributed by atoms with Crippen molar-refractivity contribution in [1.82, 2.24) is 9.47 Å². The molecule has 2 aliphatic rings. The van der Waals surface area contributed by atoms with Crippen molar-refractivity contribution in [3.8, 4) is 5.75 Å². The van der Waals surface area contributed by atoms with Crippen LogP contribution in [0.5, 0.6) is 5.75 Å². The average Bonchev–Trinajstić information content (AvgIpc) is 3.24. The van der Waals surface area contributed by atoms with Crippen molar-refractivity contribution in [1.29, 1.82) is 0 Å². The molecule has 0 amide bonds. The fraction of sp³-hybridized carbons (Fsp3) is 0.464. The van der Waals surface area contributed by atoms with Crippen LogP contribution >= 0.6 is 0 Å². The second-order valence-electron chi connectivity index (χ2n) is 9.51. The molecule has 0 saturated carbocycles. The minimum atomic E-state index is -0.953. The van der Waals surface area contributed by atoms with E-state index in [9.17, 15) is 9.90 Å². The predicted octanol–water partition coefficient (Wildman–Crippen LogP) is 5.17. The fourth-order valence-corrected chi connectivity index (χ4v) is 5.44. The highest BCUT2D eigenvalue weighted by molar-refractivity contribution is 5.90. The summed E-state index contributed by atoms with van der Waals surface area (Å²) in [6.45, 7) is 5.19. The van der Waals surface area contributed by atoms with E-state index in [1.54, 1.807) is 18.2 Å². The number of piperidine rings is 1. The lowest BCUT2D eigenvalue weighted by Gasteiger charge is -2.31. The standard InChI is InChI=1S/C28H34N2O4/c31-28(32)24-9-2-4-11-27(24)34-18-16-29-14-12-21(13-15-29)25-20-30(19-22-7-5-6-17-33-22)26-10-3-1-8-23(25)26/h1-4,8-11,20-22H,5-7,12-19H2,(H,31,32). The zero-order chi connectivity index (χ0) is 23.3. The largest absolute Gasteiger partial charge is 0.491 e. The molecule has 2 aromatic carbocycles. The first-order chi connectivity index (χ1) is 16.7. The van der Waals surface area contributed by atoms with Crippen LogP contribution in [0.2, 0.25) is 0 Å². The van der Waals surface area contributed by atoms with Gasteiger partial charge in [0.15, 0.2) is 0 Å². The van der Waals surface area contributed by atoms with Crippen molar-refractivity contribution < 1.29 is 19.4 Å². The van der Waals surface area contributed by atoms with Crippen LogP contribution < -0.4 is 4.74 Å². The summed E-state index contributed by atoms with van der Waals surface area (Å²) in [4.78, 5) is 13.8. The van der Waals surface area contributed by atoms with Crippen LogP contribution in [-0.2, 0) is 11.3 Å². The topological polar surface area (TPSA) is 63.9 Å². The molecule has 3 heterocycles. The first-order valence-electron chi connectivity index (χ1n) is 12.6. The molecule has 3 aromatic rings. The maximum atomic E-state index is 11.4. The zero-order valence-corrected chi connectivity index (χ0v) is 19.7. The highest BCUT2D eigenvalue weighted by Gasteiger charge is 2.25. The molecule has 0 aliphatic carbocycles. The summed E-state index contributed by atoms with van der Waals surface area (Å²) in [5, 5.41) is 10.7. The summed E-state index contributed by atoms with van der Waals surface area (Å²) < 4.78 is 14.2. The van der Waals surface area contributed by atoms with Gasteiger partial charge in [0.2, 0.25) is 0 Å². The van der Waals surface area contributed by atoms with E-state index in [1.807, 2.05) is 6.07 Å². The van der Waals surface area contributed by atoms with E-state index in [0.717, 1.165) is 52.0 Å². The molecule has 6 heteroatoms. The monoisotopic (exact) mass is 462 g/mol. The third-order valence-corrected chi connectivity index (χ3v) is 7.30. The van der Waals surface area contributed by atoms with Gasteiger partial charge < -0.3 is 19.1 Å². The number of carboxylic acid groups (broad SMARTS) is 1. The minimum absolute atomic E-state index is 0.219. The molecule has 1 N–H and O–H groups in total. The SMILES string of the molecule is O=C(O)c1ccccc1OCCN1CCC(c2cn(CC3CCCCO3)c3ccccc23)CC1. The highest BCUT2D eigenvalue weighted by Crippen LogP contribution is 2.35. The molecule has 1 aromatic heterocycles. The Morgan fingerprint density at radius 1 is 1.03 bits per heavy atom. The molecular formula is C28H34N2O4. The third-order valence-electron chi connectivity index (χ3n) is 7.30. The number of hydrogen-bond donors (Lipinski definition) is 1. The van der Waals surface area contributed by atoms with Gasteiger partial charge in [-0.25, -0.2) is 4.79 Å². The van der Waals surface area contributed by atoms with Gasteiger partial charge in [-0.15, -0.1) is 0 Å². The number of nitrogens with zero attached hydrogens (tertiary/aromatic N) is 2. The smallest absolute Gasteiger partial charge is 0.339 e. The second-order valence-corrected chi connectivity index (χ2v) is 9.51. The number of hydrogen-bond acceptors (Lipinski definition) is 4. The number of ether oxygens (including phenoxy) is 2. The number of carbonyl (C=O) groups is 1. The van der Waals surface area contributed by atoms with Gasteiger partial charge in [-0.2, -0.15) is 0 Å². The van der Waals surface area contributed by atoms with Crippen molar-refractivity contribution >= 4 is 16.9 Å². The number of aromatic nitrogens is 1. The average molecular weight is 463 g/mol. The van der Waals surface area contributed by atoms with Crippen molar-refractivity contribution in [2.24, 2.45) is 0 Å². The van der Waals surface area contributed by atoms with Crippen molar-refractivity contribution in [2.45, 2.75) is 50.7 Å². The molecule has 34 heavy (non-hydrogen) atoms. The van der Waals surface area contributed by atoms with E-state index < -0.39 is 5.97 Å². The summed E-state index contributed by atoms with van der Waals surface area (Å²) in [6.07, 6.45) is 8.56. The summed E-state index contributed by atoms with van der Waals surface area (Å²) in [7, 11) is 0. The summed E-state index contributed by atoms with van der Waals surface area (Å²) in [5.41, 5.74) is 3.01. The van der Waals surface area contributed by atoms with Crippen LogP contribution in [0, 0.1) is 0 Å². The Kier molecular flexibility index (Phi) is 7.16. The Balaban J connectivity index is 1.19. The van der Waals surface area contributed by atoms with Crippen LogP contribution in [0.4, 0.5) is 0 Å². The Bertz CT molecular complexity index is 1110. The maximum absolute atomic E-state index is 11.4. The van der Waals surface area contributed by atoms with Crippen LogP contribution in [0.15, 0.2) is 54.7 Å². The Morgan fingerprint density at radius 3 is 2.62 bits per heavy atom. The van der Waals surface area contributed by atoms with Gasteiger partial charge in [0, 0.05) is 36.8 Å². The Morgan fingerprint density at radius 2 is 1.82 bits per heavy atom. The number of likely N-dealkylation sites (tertiary alicyclic amines) is 1. The Hall–Kier alpha value is -2.83. The van der Waals surface area contributed by atoms with E-state index in [-0.39, 0.29) is 5.56 Å². The first-order valence-corrected chi connectivity index (χ1v) is 12.6. The van der Waals surface area contributed by atoms with Crippen molar-refractivity contribution in [3.63, 3.8) is 0 Å². The van der Waals surface area contributed by atoms with Gasteiger partial charge in [-0.1, -0.05) is 30.3 Å². The van der Waals surface area contributed by atoms with E-state index in [0.29, 0.717) is 24.4 Å². The number of carboxylic acids is 1. The number of rotatable bonds is 8. The number of para-hydroxylation sites is 2. The summed E-state index contributed by atoms with van der Waals surface area (Å²) in [5.74, 6) is 0.0496. The second kappa shape index (κ2) is 10.6. The summed E-state index contributed by atoms with van der Waals surface area (Å²) >= 11 is 0. The molecule has 2 saturated heterocycles. The first kappa shape index (κ1) is 22.9. The van der Waals surface area contributed by atoms with E-state index in [1.165, 1.54) is 29.3 Å². The van der Waals surface area contributed by atoms with Crippen LogP contribution in [0.25, 0.3) is 10.9 Å². The van der Waals surface area contributed by atoms with Crippen molar-refractivity contribution in [3.05, 3.63) is 65.9 Å². The molecule has 0 radical (unpaired) electrons. The molecule has 5 rings (SSSR count). The van der Waals surface area contributed by atoms with Gasteiger partial charge >= 0.3 is 5.97 Å². The van der Waals surface area contributed by atoms with Gasteiger partial charge in [0.25, 0.3) is 0 Å². The molecule has 0 bridgehead atoms. The third kappa shape index (κ3) is 5.13. The normalized spacial score (nSPS) is 19.9. The molecule has 180 valence electrons. The van der Waals surface area contributed by atoms with Gasteiger partial charge in [-0.05, 0) is 74.9 Å². The maximum Gasteiger partial charge on any atom is 0.339 e. The van der Waals surface area contributed by atoms with E-state index >= 15 is 0 Å². The minimum Gasteiger partial charge on any atom is -0.491 e. The summed E-state index contributed by atoms with van der Waals surface area (Å²) in [6, 6.07) is 15.6. The quantitative estimate of drug-likeness (QED) is 0.501. The lowest BCUT2D eigenvalue weighted by atomic mass is 9.89. The molecule has 2 fully saturated rings. The van der Waals surface area contributed by atoms with Crippen molar-refractivity contribution in [2.75, 3.05) is 32.8 Å². The van der Waals surface area contributed by atoms with Gasteiger partial charge in [0.1, 0.15) is 17.9 Å². The van der Waals surface area contributed by atoms with Crippen LogP contribution in [0.3, 0.4) is 0 Å². The molecule has 2 aliphatic heterocycles. The van der Waals surface area contributed by atoms with Crippen LogP contribution in [-0.4, -0.2) is 59.5 Å². The molecule has 0 spiro atoms. The number of aromatic carboxylic acids is 1. The molecule has 1 atom stereocenters. The van der Waals surface area contributed by atoms with Crippen LogP contribution in [0.1, 0.15) is 53.9 Å². The predicted molar refractivity (Wildman–Crippen MR) is 133 cm³/mol. The Labute approximate surface area is 201 Å². The van der Waals surface area contributed by atoms with E-state index in [4.69, 9.17) is 9.47 Å². The molecule has 6 nitrogen and oxygen atoms in total. The lowest BCUT2D eigenvalue weighted by molar-refractivity contribution is 0.00666. The van der Waals surface area contributed by atoms with Gasteiger partial charge in [-0.3, -0.25) is 4.90 Å². The zero-order valence-electron chi connectivity index (χ0n) is 19.7. The number of fused-ring (bicyclic) bond motifs is 1. The molecular weight excluding hydrogens is 428 g/mol. The van der Waals surface area contributed by atoms with E-state index in [2.05, 4.69) is 39.9 Å². The molecule has 1 unspecified atom stereocenters. The lowest BCUT2D eigenvalue weighted by Crippen LogP contribution is -2.35. The fourth-order valence-electron chi connectivity index (χ4n) is 5.44.